The van der Waals surface area contributed by atoms with Crippen LogP contribution in [0.15, 0.2) is 27.8 Å². The molecule has 1 atom stereocenters. The van der Waals surface area contributed by atoms with Gasteiger partial charge in [-0.3, -0.25) is 9.36 Å². The second-order valence-electron chi connectivity index (χ2n) is 4.27. The average Bonchev–Trinajstić information content (AvgIpc) is 2.33. The zero-order valence-corrected chi connectivity index (χ0v) is 10.2. The molecule has 2 rings (SSSR count). The second-order valence-corrected chi connectivity index (χ2v) is 4.27. The summed E-state index contributed by atoms with van der Waals surface area (Å²) in [6, 6.07) is 4.31. The van der Waals surface area contributed by atoms with Crippen LogP contribution in [0.1, 0.15) is 6.92 Å². The average molecular weight is 249 g/mol. The first-order valence-corrected chi connectivity index (χ1v) is 5.66. The number of phenols is 1. The Hall–Kier alpha value is -2.08. The van der Waals surface area contributed by atoms with Gasteiger partial charge in [-0.15, -0.1) is 0 Å². The summed E-state index contributed by atoms with van der Waals surface area (Å²) in [7, 11) is 1.77. The molecule has 0 aliphatic rings. The zero-order valence-electron chi connectivity index (χ0n) is 10.2. The molecule has 1 heterocycles. The maximum Gasteiger partial charge on any atom is 0.328 e. The van der Waals surface area contributed by atoms with Crippen molar-refractivity contribution in [3.8, 4) is 5.75 Å². The van der Waals surface area contributed by atoms with E-state index in [1.165, 1.54) is 18.2 Å². The van der Waals surface area contributed by atoms with Crippen molar-refractivity contribution < 1.29 is 5.11 Å². The van der Waals surface area contributed by atoms with Crippen molar-refractivity contribution in [2.45, 2.75) is 19.5 Å². The Balaban J connectivity index is 2.66. The number of hydrogen-bond acceptors (Lipinski definition) is 4. The van der Waals surface area contributed by atoms with E-state index in [4.69, 9.17) is 0 Å². The molecule has 0 saturated heterocycles. The van der Waals surface area contributed by atoms with Crippen molar-refractivity contribution in [1.82, 2.24) is 14.9 Å². The quantitative estimate of drug-likeness (QED) is 0.714. The lowest BCUT2D eigenvalue weighted by Gasteiger charge is -2.12. The first kappa shape index (κ1) is 12.4. The number of hydrogen-bond donors (Lipinski definition) is 3. The first-order valence-electron chi connectivity index (χ1n) is 5.66. The van der Waals surface area contributed by atoms with Crippen molar-refractivity contribution in [3.63, 3.8) is 0 Å². The van der Waals surface area contributed by atoms with Crippen LogP contribution in [0.4, 0.5) is 0 Å². The van der Waals surface area contributed by atoms with Gasteiger partial charge >= 0.3 is 5.69 Å². The molecule has 0 radical (unpaired) electrons. The van der Waals surface area contributed by atoms with E-state index in [0.717, 1.165) is 4.57 Å². The van der Waals surface area contributed by atoms with Gasteiger partial charge in [0.1, 0.15) is 5.75 Å². The Bertz CT molecular complexity index is 687. The molecule has 3 N–H and O–H groups in total. The molecule has 1 aromatic heterocycles. The van der Waals surface area contributed by atoms with Gasteiger partial charge in [-0.2, -0.15) is 0 Å². The van der Waals surface area contributed by atoms with Gasteiger partial charge in [0, 0.05) is 18.7 Å². The maximum absolute atomic E-state index is 12.1. The minimum atomic E-state index is -0.472. The van der Waals surface area contributed by atoms with Crippen molar-refractivity contribution in [2.24, 2.45) is 0 Å². The first-order chi connectivity index (χ1) is 8.52. The molecule has 0 amide bonds. The summed E-state index contributed by atoms with van der Waals surface area (Å²) in [6.45, 7) is 2.17. The van der Waals surface area contributed by atoms with Crippen LogP contribution in [0.2, 0.25) is 0 Å². The normalized spacial score (nSPS) is 12.8. The van der Waals surface area contributed by atoms with E-state index in [1.54, 1.807) is 7.05 Å². The van der Waals surface area contributed by atoms with Gasteiger partial charge in [-0.25, -0.2) is 4.79 Å². The fourth-order valence-corrected chi connectivity index (χ4v) is 1.77. The van der Waals surface area contributed by atoms with Crippen LogP contribution >= 0.6 is 0 Å². The minimum absolute atomic E-state index is 0.0124. The van der Waals surface area contributed by atoms with Gasteiger partial charge in [-0.05, 0) is 26.1 Å². The van der Waals surface area contributed by atoms with Crippen LogP contribution in [0, 0.1) is 0 Å². The molecule has 0 fully saturated rings. The molecule has 1 unspecified atom stereocenters. The number of phenolic OH excluding ortho intramolecular Hbond substituents is 1. The molecule has 1 aromatic carbocycles. The molecule has 6 heteroatoms. The van der Waals surface area contributed by atoms with E-state index >= 15 is 0 Å². The number of likely N-dealkylation sites (N-methyl/N-ethyl adjacent to an activating group) is 1. The van der Waals surface area contributed by atoms with Crippen LogP contribution in [-0.4, -0.2) is 27.7 Å². The Morgan fingerprint density at radius 2 is 2.17 bits per heavy atom. The fraction of sp³-hybridized carbons (Fsp3) is 0.333. The van der Waals surface area contributed by atoms with Crippen molar-refractivity contribution in [3.05, 3.63) is 39.0 Å². The number of aromatic nitrogens is 2. The lowest BCUT2D eigenvalue weighted by molar-refractivity contribution is 0.475. The van der Waals surface area contributed by atoms with E-state index in [0.29, 0.717) is 17.4 Å². The molecule has 2 aromatic rings. The molecule has 0 aliphatic carbocycles. The lowest BCUT2D eigenvalue weighted by Crippen LogP contribution is -2.40. The molecule has 0 bridgehead atoms. The minimum Gasteiger partial charge on any atom is -0.508 e. The van der Waals surface area contributed by atoms with Gasteiger partial charge < -0.3 is 15.4 Å². The highest BCUT2D eigenvalue weighted by Crippen LogP contribution is 2.13. The molecular formula is C12H15N3O3. The van der Waals surface area contributed by atoms with E-state index < -0.39 is 5.69 Å². The predicted octanol–water partition coefficient (Wildman–Crippen LogP) is 0.00330. The maximum atomic E-state index is 12.1. The predicted molar refractivity (Wildman–Crippen MR) is 69.0 cm³/mol. The SMILES string of the molecule is CNC(C)Cn1c(=O)[nH]c2cc(O)ccc2c1=O. The summed E-state index contributed by atoms with van der Waals surface area (Å²) >= 11 is 0. The topological polar surface area (TPSA) is 87.1 Å². The smallest absolute Gasteiger partial charge is 0.328 e. The number of nitrogens with one attached hydrogen (secondary N) is 2. The number of aromatic amines is 1. The van der Waals surface area contributed by atoms with Crippen LogP contribution in [0.3, 0.4) is 0 Å². The summed E-state index contributed by atoms with van der Waals surface area (Å²) in [6.07, 6.45) is 0. The largest absolute Gasteiger partial charge is 0.508 e. The van der Waals surface area contributed by atoms with E-state index in [1.807, 2.05) is 6.92 Å². The van der Waals surface area contributed by atoms with Crippen LogP contribution in [-0.2, 0) is 6.54 Å². The Morgan fingerprint density at radius 3 is 2.83 bits per heavy atom. The molecule has 0 saturated carbocycles. The number of fused-ring (bicyclic) bond motifs is 1. The van der Waals surface area contributed by atoms with Crippen molar-refractivity contribution in [2.75, 3.05) is 7.05 Å². The highest BCUT2D eigenvalue weighted by atomic mass is 16.3. The van der Waals surface area contributed by atoms with Gasteiger partial charge in [0.2, 0.25) is 0 Å². The van der Waals surface area contributed by atoms with E-state index in [-0.39, 0.29) is 17.4 Å². The highest BCUT2D eigenvalue weighted by Gasteiger charge is 2.10. The monoisotopic (exact) mass is 249 g/mol. The standard InChI is InChI=1S/C12H15N3O3/c1-7(13-2)6-15-11(17)9-4-3-8(16)5-10(9)14-12(15)18/h3-5,7,13,16H,6H2,1-2H3,(H,14,18). The summed E-state index contributed by atoms with van der Waals surface area (Å²) < 4.78 is 1.15. The summed E-state index contributed by atoms with van der Waals surface area (Å²) in [5.41, 5.74) is -0.477. The number of benzene rings is 1. The van der Waals surface area contributed by atoms with Gasteiger partial charge in [0.25, 0.3) is 5.56 Å². The Morgan fingerprint density at radius 1 is 1.44 bits per heavy atom. The summed E-state index contributed by atoms with van der Waals surface area (Å²) in [5, 5.41) is 12.7. The van der Waals surface area contributed by atoms with Crippen molar-refractivity contribution in [1.29, 1.82) is 0 Å². The second kappa shape index (κ2) is 4.66. The van der Waals surface area contributed by atoms with Crippen LogP contribution in [0.5, 0.6) is 5.75 Å². The van der Waals surface area contributed by atoms with Crippen LogP contribution < -0.4 is 16.6 Å². The Kier molecular flexibility index (Phi) is 3.20. The summed E-state index contributed by atoms with van der Waals surface area (Å²) in [4.78, 5) is 26.5. The molecule has 0 spiro atoms. The number of H-pyrrole nitrogens is 1. The van der Waals surface area contributed by atoms with Gasteiger partial charge in [0.15, 0.2) is 0 Å². The highest BCUT2D eigenvalue weighted by molar-refractivity contribution is 5.78. The third kappa shape index (κ3) is 2.14. The fourth-order valence-electron chi connectivity index (χ4n) is 1.77. The summed E-state index contributed by atoms with van der Waals surface area (Å²) in [5.74, 6) is 0.0129. The van der Waals surface area contributed by atoms with Gasteiger partial charge in [0.05, 0.1) is 10.9 Å². The zero-order chi connectivity index (χ0) is 13.3. The molecule has 18 heavy (non-hydrogen) atoms. The Labute approximate surface area is 103 Å². The van der Waals surface area contributed by atoms with E-state index in [9.17, 15) is 14.7 Å². The van der Waals surface area contributed by atoms with Crippen LogP contribution in [0.25, 0.3) is 10.9 Å². The number of rotatable bonds is 3. The van der Waals surface area contributed by atoms with Crippen molar-refractivity contribution >= 4 is 10.9 Å². The molecule has 96 valence electrons. The lowest BCUT2D eigenvalue weighted by atomic mass is 10.2. The van der Waals surface area contributed by atoms with Gasteiger partial charge in [-0.1, -0.05) is 0 Å². The van der Waals surface area contributed by atoms with E-state index in [2.05, 4.69) is 10.3 Å². The molecule has 6 nitrogen and oxygen atoms in total. The number of nitrogens with zero attached hydrogens (tertiary/aromatic N) is 1. The molecule has 0 aliphatic heterocycles. The number of aromatic hydroxyl groups is 1. The molecular weight excluding hydrogens is 234 g/mol. The third-order valence-electron chi connectivity index (χ3n) is 2.91. The third-order valence-corrected chi connectivity index (χ3v) is 2.91.